The molecule has 1 rings (SSSR count). The van der Waals surface area contributed by atoms with Gasteiger partial charge in [0.25, 0.3) is 0 Å². The molecule has 0 bridgehead atoms. The molecule has 1 aromatic heterocycles. The third-order valence-corrected chi connectivity index (χ3v) is 3.31. The first-order valence-corrected chi connectivity index (χ1v) is 6.09. The first-order chi connectivity index (χ1) is 6.80. The molecule has 0 aliphatic carbocycles. The molecule has 3 N–H and O–H groups in total. The zero-order chi connectivity index (χ0) is 11.6. The van der Waals surface area contributed by atoms with Crippen LogP contribution in [-0.4, -0.2) is 16.9 Å². The summed E-state index contributed by atoms with van der Waals surface area (Å²) in [6, 6.07) is -0.542. The zero-order valence-corrected chi connectivity index (χ0v) is 11.3. The molecule has 1 atom stereocenters. The molecule has 1 heterocycles. The van der Waals surface area contributed by atoms with Crippen LogP contribution in [0.4, 0.5) is 5.13 Å². The average Bonchev–Trinajstić information content (AvgIpc) is 2.48. The van der Waals surface area contributed by atoms with E-state index in [0.717, 1.165) is 3.79 Å². The number of hydrogen-bond acceptors (Lipinski definition) is 4. The van der Waals surface area contributed by atoms with Crippen molar-refractivity contribution in [3.8, 4) is 0 Å². The van der Waals surface area contributed by atoms with Gasteiger partial charge in [0, 0.05) is 0 Å². The standard InChI is InChI=1S/C9H14BrN3OS/c1-9(2,3)6(11)7(14)13-8-12-4-5(10)15-8/h4,6H,11H2,1-3H3,(H,12,13,14)/t6-/m1/s1. The molecule has 15 heavy (non-hydrogen) atoms. The Morgan fingerprint density at radius 3 is 2.67 bits per heavy atom. The van der Waals surface area contributed by atoms with Crippen LogP contribution in [0.3, 0.4) is 0 Å². The minimum Gasteiger partial charge on any atom is -0.319 e. The van der Waals surface area contributed by atoms with Crippen molar-refractivity contribution < 1.29 is 4.79 Å². The van der Waals surface area contributed by atoms with Gasteiger partial charge >= 0.3 is 0 Å². The Hall–Kier alpha value is -0.460. The van der Waals surface area contributed by atoms with Crippen molar-refractivity contribution in [1.82, 2.24) is 4.98 Å². The molecule has 0 aliphatic rings. The molecule has 0 radical (unpaired) electrons. The summed E-state index contributed by atoms with van der Waals surface area (Å²) in [5.41, 5.74) is 5.55. The van der Waals surface area contributed by atoms with Crippen molar-refractivity contribution in [2.45, 2.75) is 26.8 Å². The van der Waals surface area contributed by atoms with E-state index in [4.69, 9.17) is 5.73 Å². The van der Waals surface area contributed by atoms with Crippen LogP contribution in [-0.2, 0) is 4.79 Å². The van der Waals surface area contributed by atoms with Gasteiger partial charge in [-0.2, -0.15) is 0 Å². The van der Waals surface area contributed by atoms with Crippen molar-refractivity contribution in [3.63, 3.8) is 0 Å². The summed E-state index contributed by atoms with van der Waals surface area (Å²) in [6.45, 7) is 5.78. The van der Waals surface area contributed by atoms with Crippen molar-refractivity contribution in [3.05, 3.63) is 9.98 Å². The third-order valence-electron chi connectivity index (χ3n) is 1.92. The number of carbonyl (C=O) groups is 1. The van der Waals surface area contributed by atoms with Gasteiger partial charge in [0.15, 0.2) is 5.13 Å². The summed E-state index contributed by atoms with van der Waals surface area (Å²) in [4.78, 5) is 15.7. The summed E-state index contributed by atoms with van der Waals surface area (Å²) < 4.78 is 0.877. The van der Waals surface area contributed by atoms with Crippen molar-refractivity contribution in [1.29, 1.82) is 0 Å². The van der Waals surface area contributed by atoms with E-state index in [1.54, 1.807) is 6.20 Å². The van der Waals surface area contributed by atoms with E-state index in [0.29, 0.717) is 5.13 Å². The van der Waals surface area contributed by atoms with Crippen molar-refractivity contribution >= 4 is 38.3 Å². The lowest BCUT2D eigenvalue weighted by molar-refractivity contribution is -0.119. The second-order valence-corrected chi connectivity index (χ2v) is 6.71. The lowest BCUT2D eigenvalue weighted by Crippen LogP contribution is -2.45. The fraction of sp³-hybridized carbons (Fsp3) is 0.556. The van der Waals surface area contributed by atoms with E-state index in [1.165, 1.54) is 11.3 Å². The maximum absolute atomic E-state index is 11.7. The number of hydrogen-bond donors (Lipinski definition) is 2. The number of carbonyl (C=O) groups excluding carboxylic acids is 1. The van der Waals surface area contributed by atoms with Crippen LogP contribution in [0, 0.1) is 5.41 Å². The van der Waals surface area contributed by atoms with Crippen LogP contribution in [0.1, 0.15) is 20.8 Å². The summed E-state index contributed by atoms with van der Waals surface area (Å²) in [5.74, 6) is -0.204. The number of aromatic nitrogens is 1. The molecule has 84 valence electrons. The van der Waals surface area contributed by atoms with Gasteiger partial charge in [-0.15, -0.1) is 0 Å². The number of thiazole rings is 1. The normalized spacial score (nSPS) is 13.7. The lowest BCUT2D eigenvalue weighted by atomic mass is 9.87. The third kappa shape index (κ3) is 3.55. The van der Waals surface area contributed by atoms with Gasteiger partial charge in [0.05, 0.1) is 16.0 Å². The molecular formula is C9H14BrN3OS. The summed E-state index contributed by atoms with van der Waals surface area (Å²) >= 11 is 4.63. The van der Waals surface area contributed by atoms with E-state index in [-0.39, 0.29) is 11.3 Å². The molecule has 1 aromatic rings. The highest BCUT2D eigenvalue weighted by Gasteiger charge is 2.27. The average molecular weight is 292 g/mol. The topological polar surface area (TPSA) is 68.0 Å². The molecule has 0 saturated heterocycles. The van der Waals surface area contributed by atoms with Crippen LogP contribution in [0.2, 0.25) is 0 Å². The lowest BCUT2D eigenvalue weighted by Gasteiger charge is -2.25. The van der Waals surface area contributed by atoms with Gasteiger partial charge in [-0.1, -0.05) is 32.1 Å². The Kier molecular flexibility index (Phi) is 3.86. The Balaban J connectivity index is 2.64. The second-order valence-electron chi connectivity index (χ2n) is 4.30. The molecular weight excluding hydrogens is 278 g/mol. The smallest absolute Gasteiger partial charge is 0.243 e. The SMILES string of the molecule is CC(C)(C)[C@H](N)C(=O)Nc1ncc(Br)s1. The number of nitrogens with one attached hydrogen (secondary N) is 1. The van der Waals surface area contributed by atoms with E-state index < -0.39 is 6.04 Å². The van der Waals surface area contributed by atoms with Crippen LogP contribution in [0.25, 0.3) is 0 Å². The number of nitrogens with two attached hydrogens (primary N) is 1. The highest BCUT2D eigenvalue weighted by Crippen LogP contribution is 2.24. The maximum atomic E-state index is 11.7. The van der Waals surface area contributed by atoms with Crippen LogP contribution in [0.5, 0.6) is 0 Å². The molecule has 1 amide bonds. The quantitative estimate of drug-likeness (QED) is 0.878. The second kappa shape index (κ2) is 4.59. The van der Waals surface area contributed by atoms with Gasteiger partial charge < -0.3 is 11.1 Å². The summed E-state index contributed by atoms with van der Waals surface area (Å²) in [5, 5.41) is 3.24. The van der Waals surface area contributed by atoms with Crippen molar-refractivity contribution in [2.24, 2.45) is 11.1 Å². The van der Waals surface area contributed by atoms with E-state index in [9.17, 15) is 4.79 Å². The molecule has 4 nitrogen and oxygen atoms in total. The van der Waals surface area contributed by atoms with Crippen molar-refractivity contribution in [2.75, 3.05) is 5.32 Å². The van der Waals surface area contributed by atoms with Gasteiger partial charge in [0.2, 0.25) is 5.91 Å². The fourth-order valence-corrected chi connectivity index (χ4v) is 2.00. The Morgan fingerprint density at radius 2 is 2.27 bits per heavy atom. The van der Waals surface area contributed by atoms with Gasteiger partial charge in [-0.3, -0.25) is 4.79 Å². The van der Waals surface area contributed by atoms with E-state index in [2.05, 4.69) is 26.2 Å². The maximum Gasteiger partial charge on any atom is 0.243 e. The number of amides is 1. The van der Waals surface area contributed by atoms with Gasteiger partial charge in [-0.05, 0) is 21.3 Å². The number of anilines is 1. The molecule has 0 aliphatic heterocycles. The predicted octanol–water partition coefficient (Wildman–Crippen LogP) is 2.22. The van der Waals surface area contributed by atoms with Gasteiger partial charge in [-0.25, -0.2) is 4.98 Å². The highest BCUT2D eigenvalue weighted by atomic mass is 79.9. The monoisotopic (exact) mass is 291 g/mol. The van der Waals surface area contributed by atoms with Crippen LogP contribution >= 0.6 is 27.3 Å². The zero-order valence-electron chi connectivity index (χ0n) is 8.87. The Labute approximate surface area is 101 Å². The minimum absolute atomic E-state index is 0.204. The minimum atomic E-state index is -0.542. The number of halogens is 1. The van der Waals surface area contributed by atoms with Gasteiger partial charge in [0.1, 0.15) is 0 Å². The Morgan fingerprint density at radius 1 is 1.67 bits per heavy atom. The molecule has 0 saturated carbocycles. The molecule has 0 unspecified atom stereocenters. The fourth-order valence-electron chi connectivity index (χ4n) is 0.889. The molecule has 0 fully saturated rings. The summed E-state index contributed by atoms with van der Waals surface area (Å²) in [6.07, 6.45) is 1.64. The largest absolute Gasteiger partial charge is 0.319 e. The molecule has 0 aromatic carbocycles. The van der Waals surface area contributed by atoms with E-state index >= 15 is 0 Å². The highest BCUT2D eigenvalue weighted by molar-refractivity contribution is 9.11. The first-order valence-electron chi connectivity index (χ1n) is 4.48. The molecule has 6 heteroatoms. The molecule has 0 spiro atoms. The Bertz CT molecular complexity index is 358. The summed E-state index contributed by atoms with van der Waals surface area (Å²) in [7, 11) is 0. The predicted molar refractivity (Wildman–Crippen MR) is 65.9 cm³/mol. The first kappa shape index (κ1) is 12.6. The number of rotatable bonds is 2. The van der Waals surface area contributed by atoms with Crippen LogP contribution in [0.15, 0.2) is 9.98 Å². The van der Waals surface area contributed by atoms with E-state index in [1.807, 2.05) is 20.8 Å². The number of nitrogens with zero attached hydrogens (tertiary/aromatic N) is 1. The van der Waals surface area contributed by atoms with Crippen LogP contribution < -0.4 is 11.1 Å².